The summed E-state index contributed by atoms with van der Waals surface area (Å²) >= 11 is 2.57. The first-order valence-electron chi connectivity index (χ1n) is 7.24. The number of benzene rings is 1. The van der Waals surface area contributed by atoms with E-state index < -0.39 is 0 Å². The van der Waals surface area contributed by atoms with Gasteiger partial charge in [-0.05, 0) is 42.6 Å². The van der Waals surface area contributed by atoms with E-state index >= 15 is 0 Å². The zero-order valence-corrected chi connectivity index (χ0v) is 14.4. The van der Waals surface area contributed by atoms with Crippen LogP contribution in [-0.4, -0.2) is 21.2 Å². The highest BCUT2D eigenvalue weighted by atomic mass is 32.2. The molecule has 124 valence electrons. The predicted molar refractivity (Wildman–Crippen MR) is 95.3 cm³/mol. The van der Waals surface area contributed by atoms with Gasteiger partial charge in [-0.2, -0.15) is 0 Å². The zero-order valence-electron chi connectivity index (χ0n) is 12.8. The molecule has 0 fully saturated rings. The van der Waals surface area contributed by atoms with Gasteiger partial charge < -0.3 is 5.32 Å². The van der Waals surface area contributed by atoms with Crippen molar-refractivity contribution in [3.8, 4) is 0 Å². The second kappa shape index (κ2) is 7.14. The number of halogens is 1. The molecule has 5 nitrogen and oxygen atoms in total. The van der Waals surface area contributed by atoms with Gasteiger partial charge in [0, 0.05) is 12.2 Å². The first kappa shape index (κ1) is 16.7. The highest BCUT2D eigenvalue weighted by Gasteiger charge is 2.13. The first-order chi connectivity index (χ1) is 11.6. The number of anilines is 1. The molecule has 3 aromatic rings. The van der Waals surface area contributed by atoms with Crippen LogP contribution in [0.4, 0.5) is 10.1 Å². The molecule has 0 aliphatic heterocycles. The summed E-state index contributed by atoms with van der Waals surface area (Å²) in [5.74, 6) is -0.490. The lowest BCUT2D eigenvalue weighted by Gasteiger charge is -2.10. The normalized spacial score (nSPS) is 10.9. The number of thioether (sulfide) groups is 1. The second-order valence-electron chi connectivity index (χ2n) is 4.92. The predicted octanol–water partition coefficient (Wildman–Crippen LogP) is 3.35. The molecule has 0 saturated carbocycles. The number of hydrogen-bond donors (Lipinski definition) is 1. The molecule has 0 saturated heterocycles. The van der Waals surface area contributed by atoms with E-state index in [2.05, 4.69) is 10.3 Å². The summed E-state index contributed by atoms with van der Waals surface area (Å²) in [6, 6.07) is 7.35. The summed E-state index contributed by atoms with van der Waals surface area (Å²) in [7, 11) is 0. The quantitative estimate of drug-likeness (QED) is 0.558. The molecule has 1 N–H and O–H groups in total. The van der Waals surface area contributed by atoms with E-state index in [-0.39, 0.29) is 23.0 Å². The third kappa shape index (κ3) is 3.49. The fourth-order valence-corrected chi connectivity index (χ4v) is 3.81. The van der Waals surface area contributed by atoms with Crippen LogP contribution in [0.3, 0.4) is 0 Å². The van der Waals surface area contributed by atoms with Gasteiger partial charge in [-0.15, -0.1) is 11.3 Å². The van der Waals surface area contributed by atoms with Gasteiger partial charge in [-0.25, -0.2) is 9.37 Å². The maximum Gasteiger partial charge on any atom is 0.272 e. The summed E-state index contributed by atoms with van der Waals surface area (Å²) in [6.07, 6.45) is 0. The summed E-state index contributed by atoms with van der Waals surface area (Å²) < 4.78 is 15.0. The largest absolute Gasteiger partial charge is 0.325 e. The maximum absolute atomic E-state index is 12.9. The number of amides is 1. The lowest BCUT2D eigenvalue weighted by atomic mass is 10.3. The van der Waals surface area contributed by atoms with Gasteiger partial charge in [-0.3, -0.25) is 14.2 Å². The number of carbonyl (C=O) groups excluding carboxylic acids is 1. The summed E-state index contributed by atoms with van der Waals surface area (Å²) in [5.41, 5.74) is 1.09. The monoisotopic (exact) mass is 363 g/mol. The molecule has 2 heterocycles. The fourth-order valence-electron chi connectivity index (χ4n) is 2.17. The Balaban J connectivity index is 1.74. The van der Waals surface area contributed by atoms with Crippen molar-refractivity contribution >= 4 is 44.9 Å². The second-order valence-corrected chi connectivity index (χ2v) is 6.78. The number of carbonyl (C=O) groups is 1. The van der Waals surface area contributed by atoms with Gasteiger partial charge in [0.05, 0.1) is 11.3 Å². The third-order valence-electron chi connectivity index (χ3n) is 3.31. The average Bonchev–Trinajstić information content (AvgIpc) is 3.04. The van der Waals surface area contributed by atoms with Crippen molar-refractivity contribution in [1.29, 1.82) is 0 Å². The molecule has 1 aromatic carbocycles. The lowest BCUT2D eigenvalue weighted by Crippen LogP contribution is -2.22. The summed E-state index contributed by atoms with van der Waals surface area (Å²) in [5, 5.41) is 5.03. The Kier molecular flexibility index (Phi) is 4.96. The van der Waals surface area contributed by atoms with Crippen molar-refractivity contribution in [2.45, 2.75) is 18.6 Å². The zero-order chi connectivity index (χ0) is 17.1. The molecule has 1 amide bonds. The van der Waals surface area contributed by atoms with E-state index in [0.29, 0.717) is 27.6 Å². The van der Waals surface area contributed by atoms with Crippen LogP contribution in [0.15, 0.2) is 45.7 Å². The van der Waals surface area contributed by atoms with Crippen molar-refractivity contribution in [3.05, 3.63) is 51.9 Å². The molecular weight excluding hydrogens is 349 g/mol. The number of rotatable bonds is 5. The topological polar surface area (TPSA) is 64.0 Å². The number of hydrogen-bond acceptors (Lipinski definition) is 5. The molecule has 24 heavy (non-hydrogen) atoms. The highest BCUT2D eigenvalue weighted by molar-refractivity contribution is 7.99. The van der Waals surface area contributed by atoms with E-state index in [1.165, 1.54) is 47.4 Å². The number of aromatic nitrogens is 2. The van der Waals surface area contributed by atoms with Crippen LogP contribution in [0.5, 0.6) is 0 Å². The molecule has 0 aliphatic rings. The molecule has 8 heteroatoms. The van der Waals surface area contributed by atoms with Crippen LogP contribution in [0, 0.1) is 5.82 Å². The molecule has 2 aromatic heterocycles. The van der Waals surface area contributed by atoms with Gasteiger partial charge in [0.15, 0.2) is 5.16 Å². The fraction of sp³-hybridized carbons (Fsp3) is 0.188. The average molecular weight is 363 g/mol. The highest BCUT2D eigenvalue weighted by Crippen LogP contribution is 2.21. The van der Waals surface area contributed by atoms with E-state index in [4.69, 9.17) is 0 Å². The van der Waals surface area contributed by atoms with E-state index in [1.807, 2.05) is 12.3 Å². The smallest absolute Gasteiger partial charge is 0.272 e. The van der Waals surface area contributed by atoms with E-state index in [9.17, 15) is 14.0 Å². The van der Waals surface area contributed by atoms with Gasteiger partial charge in [-0.1, -0.05) is 11.8 Å². The Morgan fingerprint density at radius 3 is 2.79 bits per heavy atom. The van der Waals surface area contributed by atoms with Crippen LogP contribution in [0.25, 0.3) is 10.2 Å². The number of nitrogens with one attached hydrogen (secondary N) is 1. The maximum atomic E-state index is 12.9. The van der Waals surface area contributed by atoms with Crippen molar-refractivity contribution in [2.75, 3.05) is 11.1 Å². The summed E-state index contributed by atoms with van der Waals surface area (Å²) in [6.45, 7) is 2.35. The summed E-state index contributed by atoms with van der Waals surface area (Å²) in [4.78, 5) is 28.9. The Hall–Kier alpha value is -2.19. The molecular formula is C16H14FN3O2S2. The Labute approximate surface area is 145 Å². The molecule has 3 rings (SSSR count). The molecule has 0 bridgehead atoms. The van der Waals surface area contributed by atoms with Crippen LogP contribution in [-0.2, 0) is 11.3 Å². The van der Waals surface area contributed by atoms with Crippen molar-refractivity contribution in [3.63, 3.8) is 0 Å². The SMILES string of the molecule is CCn1c(SCC(=O)Nc2ccc(F)cc2)nc2ccsc2c1=O. The van der Waals surface area contributed by atoms with Crippen molar-refractivity contribution in [1.82, 2.24) is 9.55 Å². The van der Waals surface area contributed by atoms with Crippen LogP contribution in [0.2, 0.25) is 0 Å². The molecule has 0 atom stereocenters. The number of fused-ring (bicyclic) bond motifs is 1. The lowest BCUT2D eigenvalue weighted by molar-refractivity contribution is -0.113. The van der Waals surface area contributed by atoms with Gasteiger partial charge in [0.25, 0.3) is 5.56 Å². The third-order valence-corrected chi connectivity index (χ3v) is 5.18. The molecule has 0 unspecified atom stereocenters. The molecule has 0 aliphatic carbocycles. The van der Waals surface area contributed by atoms with Gasteiger partial charge in [0.2, 0.25) is 5.91 Å². The van der Waals surface area contributed by atoms with Gasteiger partial charge in [0.1, 0.15) is 10.5 Å². The number of nitrogens with zero attached hydrogens (tertiary/aromatic N) is 2. The first-order valence-corrected chi connectivity index (χ1v) is 9.11. The van der Waals surface area contributed by atoms with Crippen LogP contribution in [0.1, 0.15) is 6.92 Å². The van der Waals surface area contributed by atoms with Crippen molar-refractivity contribution < 1.29 is 9.18 Å². The Morgan fingerprint density at radius 2 is 2.08 bits per heavy atom. The minimum Gasteiger partial charge on any atom is -0.325 e. The number of thiophene rings is 1. The standard InChI is InChI=1S/C16H14FN3O2S2/c1-2-20-15(22)14-12(7-8-23-14)19-16(20)24-9-13(21)18-11-5-3-10(17)4-6-11/h3-8H,2,9H2,1H3,(H,18,21). The molecule has 0 spiro atoms. The minimum absolute atomic E-state index is 0.0843. The van der Waals surface area contributed by atoms with E-state index in [1.54, 1.807) is 10.6 Å². The Bertz CT molecular complexity index is 935. The van der Waals surface area contributed by atoms with Crippen LogP contribution < -0.4 is 10.9 Å². The van der Waals surface area contributed by atoms with Crippen LogP contribution >= 0.6 is 23.1 Å². The minimum atomic E-state index is -0.359. The van der Waals surface area contributed by atoms with Crippen molar-refractivity contribution in [2.24, 2.45) is 0 Å². The molecule has 0 radical (unpaired) electrons. The van der Waals surface area contributed by atoms with Gasteiger partial charge >= 0.3 is 0 Å². The Morgan fingerprint density at radius 1 is 1.33 bits per heavy atom. The van der Waals surface area contributed by atoms with E-state index in [0.717, 1.165) is 0 Å².